The maximum Gasteiger partial charge on any atom is 0.324 e. The highest BCUT2D eigenvalue weighted by atomic mass is 16.2. The summed E-state index contributed by atoms with van der Waals surface area (Å²) < 4.78 is 0. The Bertz CT molecular complexity index is 205. The minimum atomic E-state index is -0.305. The van der Waals surface area contributed by atoms with Crippen LogP contribution in [0, 0.1) is 0 Å². The van der Waals surface area contributed by atoms with E-state index in [1.807, 2.05) is 7.05 Å². The lowest BCUT2D eigenvalue weighted by Crippen LogP contribution is -2.33. The van der Waals surface area contributed by atoms with Crippen molar-refractivity contribution in [2.45, 2.75) is 12.5 Å². The predicted octanol–water partition coefficient (Wildman–Crippen LogP) is -0.854. The van der Waals surface area contributed by atoms with E-state index in [0.717, 1.165) is 6.54 Å². The number of likely N-dealkylation sites (N-methyl/N-ethyl adjacent to an activating group) is 1. The molecule has 0 aromatic carbocycles. The Kier molecular flexibility index (Phi) is 2.65. The molecule has 1 aliphatic rings. The molecular weight excluding hydrogens is 158 g/mol. The fraction of sp³-hybridized carbons (Fsp3) is 0.714. The molecule has 0 aromatic heterocycles. The first-order valence-electron chi connectivity index (χ1n) is 3.89. The Morgan fingerprint density at radius 1 is 1.58 bits per heavy atom. The molecule has 0 spiro atoms. The number of nitrogens with one attached hydrogen (secondary N) is 2. The fourth-order valence-corrected chi connectivity index (χ4v) is 1.20. The molecule has 5 heteroatoms. The average molecular weight is 171 g/mol. The molecule has 1 fully saturated rings. The standard InChI is InChI=1S/C7H13N3O2/c1-8-4-3-5-6(11)9-7(12)10(5)2/h5,8H,3-4H2,1-2H3,(H,9,11,12)/t5-/m0/s1. The van der Waals surface area contributed by atoms with Crippen LogP contribution in [0.5, 0.6) is 0 Å². The number of hydrogen-bond donors (Lipinski definition) is 2. The molecule has 5 nitrogen and oxygen atoms in total. The monoisotopic (exact) mass is 171 g/mol. The first-order chi connectivity index (χ1) is 5.66. The van der Waals surface area contributed by atoms with Crippen LogP contribution in [0.1, 0.15) is 6.42 Å². The zero-order chi connectivity index (χ0) is 9.14. The number of amides is 3. The second kappa shape index (κ2) is 3.53. The van der Waals surface area contributed by atoms with Crippen molar-refractivity contribution in [3.63, 3.8) is 0 Å². The van der Waals surface area contributed by atoms with E-state index in [9.17, 15) is 9.59 Å². The summed E-state index contributed by atoms with van der Waals surface area (Å²) in [6.07, 6.45) is 0.657. The minimum absolute atomic E-state index is 0.197. The van der Waals surface area contributed by atoms with Crippen LogP contribution in [0.4, 0.5) is 4.79 Å². The Balaban J connectivity index is 2.51. The van der Waals surface area contributed by atoms with Gasteiger partial charge in [-0.3, -0.25) is 10.1 Å². The molecule has 1 rings (SSSR count). The van der Waals surface area contributed by atoms with Crippen molar-refractivity contribution in [3.05, 3.63) is 0 Å². The lowest BCUT2D eigenvalue weighted by molar-refractivity contribution is -0.121. The predicted molar refractivity (Wildman–Crippen MR) is 43.6 cm³/mol. The number of imide groups is 1. The largest absolute Gasteiger partial charge is 0.324 e. The van der Waals surface area contributed by atoms with Crippen molar-refractivity contribution < 1.29 is 9.59 Å². The van der Waals surface area contributed by atoms with Crippen LogP contribution < -0.4 is 10.6 Å². The summed E-state index contributed by atoms with van der Waals surface area (Å²) >= 11 is 0. The molecule has 0 unspecified atom stereocenters. The van der Waals surface area contributed by atoms with Gasteiger partial charge in [-0.05, 0) is 20.0 Å². The topological polar surface area (TPSA) is 61.4 Å². The van der Waals surface area contributed by atoms with Crippen molar-refractivity contribution >= 4 is 11.9 Å². The number of rotatable bonds is 3. The highest BCUT2D eigenvalue weighted by molar-refractivity contribution is 6.03. The summed E-state index contributed by atoms with van der Waals surface area (Å²) in [7, 11) is 3.44. The minimum Gasteiger partial charge on any atom is -0.320 e. The van der Waals surface area contributed by atoms with Crippen LogP contribution in [0.3, 0.4) is 0 Å². The third kappa shape index (κ3) is 1.55. The average Bonchev–Trinajstić information content (AvgIpc) is 2.25. The molecule has 0 aromatic rings. The van der Waals surface area contributed by atoms with Crippen molar-refractivity contribution in [2.24, 2.45) is 0 Å². The number of hydrogen-bond acceptors (Lipinski definition) is 3. The smallest absolute Gasteiger partial charge is 0.320 e. The lowest BCUT2D eigenvalue weighted by atomic mass is 10.2. The Labute approximate surface area is 71.1 Å². The zero-order valence-corrected chi connectivity index (χ0v) is 7.26. The molecule has 3 amide bonds. The van der Waals surface area contributed by atoms with E-state index < -0.39 is 0 Å². The van der Waals surface area contributed by atoms with Gasteiger partial charge in [-0.1, -0.05) is 0 Å². The van der Waals surface area contributed by atoms with Crippen molar-refractivity contribution in [2.75, 3.05) is 20.6 Å². The van der Waals surface area contributed by atoms with Gasteiger partial charge in [0.25, 0.3) is 5.91 Å². The summed E-state index contributed by atoms with van der Waals surface area (Å²) in [6, 6.07) is -0.606. The second-order valence-electron chi connectivity index (χ2n) is 2.81. The van der Waals surface area contributed by atoms with Crippen molar-refractivity contribution in [1.29, 1.82) is 0 Å². The van der Waals surface area contributed by atoms with Crippen LogP contribution in [-0.2, 0) is 4.79 Å². The summed E-state index contributed by atoms with van der Waals surface area (Å²) in [6.45, 7) is 0.732. The van der Waals surface area contributed by atoms with Crippen LogP contribution >= 0.6 is 0 Å². The van der Waals surface area contributed by atoms with Gasteiger partial charge in [0.2, 0.25) is 0 Å². The quantitative estimate of drug-likeness (QED) is 0.543. The molecule has 0 aliphatic carbocycles. The van der Waals surface area contributed by atoms with Crippen LogP contribution in [0.25, 0.3) is 0 Å². The van der Waals surface area contributed by atoms with Gasteiger partial charge in [0.1, 0.15) is 6.04 Å². The number of nitrogens with zero attached hydrogens (tertiary/aromatic N) is 1. The molecule has 2 N–H and O–H groups in total. The lowest BCUT2D eigenvalue weighted by Gasteiger charge is -2.15. The van der Waals surface area contributed by atoms with Gasteiger partial charge in [-0.15, -0.1) is 0 Å². The molecule has 0 saturated carbocycles. The molecule has 12 heavy (non-hydrogen) atoms. The molecule has 1 saturated heterocycles. The van der Waals surface area contributed by atoms with Gasteiger partial charge in [-0.2, -0.15) is 0 Å². The molecule has 0 radical (unpaired) electrons. The number of urea groups is 1. The highest BCUT2D eigenvalue weighted by Gasteiger charge is 2.34. The Morgan fingerprint density at radius 3 is 2.67 bits per heavy atom. The Hall–Kier alpha value is -1.10. The first kappa shape index (κ1) is 8.99. The normalized spacial score (nSPS) is 23.2. The van der Waals surface area contributed by atoms with E-state index in [1.54, 1.807) is 7.05 Å². The van der Waals surface area contributed by atoms with E-state index in [-0.39, 0.29) is 18.0 Å². The molecule has 1 aliphatic heterocycles. The van der Waals surface area contributed by atoms with Crippen LogP contribution in [0.2, 0.25) is 0 Å². The maximum atomic E-state index is 11.1. The second-order valence-corrected chi connectivity index (χ2v) is 2.81. The van der Waals surface area contributed by atoms with Gasteiger partial charge >= 0.3 is 6.03 Å². The zero-order valence-electron chi connectivity index (χ0n) is 7.26. The van der Waals surface area contributed by atoms with Crippen LogP contribution in [-0.4, -0.2) is 43.5 Å². The molecular formula is C7H13N3O2. The summed E-state index contributed by atoms with van der Waals surface area (Å²) in [5.74, 6) is -0.197. The first-order valence-corrected chi connectivity index (χ1v) is 3.89. The third-order valence-corrected chi connectivity index (χ3v) is 1.99. The molecule has 68 valence electrons. The van der Waals surface area contributed by atoms with Crippen LogP contribution in [0.15, 0.2) is 0 Å². The summed E-state index contributed by atoms with van der Waals surface area (Å²) in [5.41, 5.74) is 0. The third-order valence-electron chi connectivity index (χ3n) is 1.99. The van der Waals surface area contributed by atoms with Gasteiger partial charge < -0.3 is 10.2 Å². The highest BCUT2D eigenvalue weighted by Crippen LogP contribution is 2.08. The number of carbonyl (C=O) groups is 2. The van der Waals surface area contributed by atoms with Gasteiger partial charge in [-0.25, -0.2) is 4.79 Å². The summed E-state index contributed by atoms with van der Waals surface area (Å²) in [5, 5.41) is 5.18. The maximum absolute atomic E-state index is 11.1. The van der Waals surface area contributed by atoms with Gasteiger partial charge in [0.15, 0.2) is 0 Å². The van der Waals surface area contributed by atoms with E-state index >= 15 is 0 Å². The van der Waals surface area contributed by atoms with Crippen molar-refractivity contribution in [1.82, 2.24) is 15.5 Å². The molecule has 1 atom stereocenters. The Morgan fingerprint density at radius 2 is 2.25 bits per heavy atom. The van der Waals surface area contributed by atoms with Gasteiger partial charge in [0.05, 0.1) is 0 Å². The van der Waals surface area contributed by atoms with E-state index in [0.29, 0.717) is 6.42 Å². The summed E-state index contributed by atoms with van der Waals surface area (Å²) in [4.78, 5) is 23.5. The number of carbonyl (C=O) groups excluding carboxylic acids is 2. The van der Waals surface area contributed by atoms with Gasteiger partial charge in [0, 0.05) is 7.05 Å². The van der Waals surface area contributed by atoms with E-state index in [2.05, 4.69) is 10.6 Å². The fourth-order valence-electron chi connectivity index (χ4n) is 1.20. The SMILES string of the molecule is CNCC[C@H]1C(=O)NC(=O)N1C. The molecule has 1 heterocycles. The molecule has 0 bridgehead atoms. The van der Waals surface area contributed by atoms with E-state index in [1.165, 1.54) is 4.90 Å². The van der Waals surface area contributed by atoms with Crippen molar-refractivity contribution in [3.8, 4) is 0 Å². The van der Waals surface area contributed by atoms with E-state index in [4.69, 9.17) is 0 Å².